The van der Waals surface area contributed by atoms with E-state index < -0.39 is 17.5 Å². The lowest BCUT2D eigenvalue weighted by atomic mass is 10.2. The van der Waals surface area contributed by atoms with Crippen LogP contribution in [0.4, 0.5) is 8.78 Å². The molecule has 0 bridgehead atoms. The molecule has 6 heteroatoms. The van der Waals surface area contributed by atoms with Gasteiger partial charge in [-0.25, -0.2) is 18.4 Å². The van der Waals surface area contributed by atoms with Gasteiger partial charge in [-0.3, -0.25) is 10.2 Å². The first kappa shape index (κ1) is 12.3. The molecular weight excluding hydrogens is 264 g/mol. The molecule has 3 aromatic rings. The van der Waals surface area contributed by atoms with Gasteiger partial charge in [0.15, 0.2) is 0 Å². The fraction of sp³-hybridized carbons (Fsp3) is 0. The Bertz CT molecular complexity index is 798. The number of nitrogens with one attached hydrogen (secondary N) is 1. The van der Waals surface area contributed by atoms with E-state index in [0.29, 0.717) is 11.0 Å². The number of benzene rings is 2. The zero-order chi connectivity index (χ0) is 14.1. The number of fused-ring (bicyclic) bond motifs is 1. The summed E-state index contributed by atoms with van der Waals surface area (Å²) in [6.45, 7) is 0. The van der Waals surface area contributed by atoms with Crippen LogP contribution >= 0.6 is 0 Å². The largest absolute Gasteiger partial charge is 0.273 e. The maximum Gasteiger partial charge on any atom is 0.273 e. The summed E-state index contributed by atoms with van der Waals surface area (Å²) in [5.41, 5.74) is 3.45. The molecule has 4 nitrogen and oxygen atoms in total. The summed E-state index contributed by atoms with van der Waals surface area (Å²) in [5.74, 6) is -2.20. The number of para-hydroxylation sites is 2. The maximum atomic E-state index is 13.5. The number of amides is 1. The Hall–Kier alpha value is -2.76. The molecule has 0 unspecified atom stereocenters. The molecule has 1 heterocycles. The van der Waals surface area contributed by atoms with Crippen LogP contribution in [-0.2, 0) is 0 Å². The number of imidazole rings is 1. The smallest absolute Gasteiger partial charge is 0.267 e. The van der Waals surface area contributed by atoms with E-state index in [4.69, 9.17) is 0 Å². The molecular formula is C14H9F2N3O. The standard InChI is InChI=1S/C14H9F2N3O/c15-9-5-6-11(16)10(7-9)14(20)18-19-8-17-12-3-1-2-4-13(12)19/h1-8H,(H,18,20). The third-order valence-corrected chi connectivity index (χ3v) is 2.85. The van der Waals surface area contributed by atoms with Crippen LogP contribution in [0.1, 0.15) is 10.4 Å². The van der Waals surface area contributed by atoms with Gasteiger partial charge in [-0.2, -0.15) is 0 Å². The predicted molar refractivity (Wildman–Crippen MR) is 69.8 cm³/mol. The molecule has 0 atom stereocenters. The molecule has 3 rings (SSSR count). The molecule has 0 spiro atoms. The van der Waals surface area contributed by atoms with Gasteiger partial charge in [0, 0.05) is 0 Å². The van der Waals surface area contributed by atoms with E-state index in [0.717, 1.165) is 18.2 Å². The zero-order valence-corrected chi connectivity index (χ0v) is 10.2. The number of nitrogens with zero attached hydrogens (tertiary/aromatic N) is 2. The van der Waals surface area contributed by atoms with Gasteiger partial charge in [0.1, 0.15) is 18.0 Å². The second-order valence-corrected chi connectivity index (χ2v) is 4.17. The third kappa shape index (κ3) is 2.11. The van der Waals surface area contributed by atoms with Crippen LogP contribution in [0.15, 0.2) is 48.8 Å². The summed E-state index contributed by atoms with van der Waals surface area (Å²) in [4.78, 5) is 16.0. The number of hydrogen-bond acceptors (Lipinski definition) is 2. The second kappa shape index (κ2) is 4.73. The Labute approximate surface area is 112 Å². The molecule has 0 radical (unpaired) electrons. The molecule has 0 saturated heterocycles. The number of aromatic nitrogens is 2. The predicted octanol–water partition coefficient (Wildman–Crippen LogP) is 2.70. The fourth-order valence-electron chi connectivity index (χ4n) is 1.89. The van der Waals surface area contributed by atoms with Gasteiger partial charge in [-0.05, 0) is 30.3 Å². The van der Waals surface area contributed by atoms with Gasteiger partial charge < -0.3 is 0 Å². The highest BCUT2D eigenvalue weighted by Gasteiger charge is 2.14. The van der Waals surface area contributed by atoms with Crippen molar-refractivity contribution >= 4 is 16.9 Å². The Morgan fingerprint density at radius 2 is 1.95 bits per heavy atom. The van der Waals surface area contributed by atoms with Crippen LogP contribution in [0.3, 0.4) is 0 Å². The van der Waals surface area contributed by atoms with E-state index in [2.05, 4.69) is 10.4 Å². The lowest BCUT2D eigenvalue weighted by molar-refractivity contribution is 0.100. The minimum Gasteiger partial charge on any atom is -0.267 e. The first-order valence-corrected chi connectivity index (χ1v) is 5.83. The van der Waals surface area contributed by atoms with Crippen LogP contribution in [0, 0.1) is 11.6 Å². The van der Waals surface area contributed by atoms with Crippen molar-refractivity contribution in [2.45, 2.75) is 0 Å². The second-order valence-electron chi connectivity index (χ2n) is 4.17. The number of hydrogen-bond donors (Lipinski definition) is 1. The van der Waals surface area contributed by atoms with Crippen molar-refractivity contribution < 1.29 is 13.6 Å². The monoisotopic (exact) mass is 273 g/mol. The quantitative estimate of drug-likeness (QED) is 0.780. The van der Waals surface area contributed by atoms with Gasteiger partial charge >= 0.3 is 0 Å². The van der Waals surface area contributed by atoms with Gasteiger partial charge in [-0.15, -0.1) is 0 Å². The van der Waals surface area contributed by atoms with Crippen LogP contribution in [0.2, 0.25) is 0 Å². The average Bonchev–Trinajstić information content (AvgIpc) is 2.85. The van der Waals surface area contributed by atoms with Crippen LogP contribution in [0.25, 0.3) is 11.0 Å². The van der Waals surface area contributed by atoms with Crippen LogP contribution < -0.4 is 5.43 Å². The molecule has 0 aliphatic rings. The first-order valence-electron chi connectivity index (χ1n) is 5.83. The Balaban J connectivity index is 1.94. The topological polar surface area (TPSA) is 46.9 Å². The normalized spacial score (nSPS) is 10.7. The van der Waals surface area contributed by atoms with E-state index >= 15 is 0 Å². The highest BCUT2D eigenvalue weighted by Crippen LogP contribution is 2.13. The van der Waals surface area contributed by atoms with Crippen molar-refractivity contribution in [3.63, 3.8) is 0 Å². The number of carbonyl (C=O) groups excluding carboxylic acids is 1. The summed E-state index contributed by atoms with van der Waals surface area (Å²) in [7, 11) is 0. The summed E-state index contributed by atoms with van der Waals surface area (Å²) in [6, 6.07) is 9.85. The van der Waals surface area contributed by atoms with Crippen LogP contribution in [-0.4, -0.2) is 15.6 Å². The Kier molecular flexibility index (Phi) is 2.90. The fourth-order valence-corrected chi connectivity index (χ4v) is 1.89. The highest BCUT2D eigenvalue weighted by atomic mass is 19.1. The van der Waals surface area contributed by atoms with E-state index in [-0.39, 0.29) is 5.56 Å². The van der Waals surface area contributed by atoms with E-state index in [1.165, 1.54) is 11.0 Å². The van der Waals surface area contributed by atoms with Gasteiger partial charge in [0.05, 0.1) is 16.6 Å². The van der Waals surface area contributed by atoms with Gasteiger partial charge in [-0.1, -0.05) is 12.1 Å². The van der Waals surface area contributed by atoms with E-state index in [1.807, 2.05) is 6.07 Å². The average molecular weight is 273 g/mol. The molecule has 20 heavy (non-hydrogen) atoms. The summed E-state index contributed by atoms with van der Waals surface area (Å²) < 4.78 is 27.9. The van der Waals surface area contributed by atoms with Crippen molar-refractivity contribution in [3.8, 4) is 0 Å². The molecule has 2 aromatic carbocycles. The first-order chi connectivity index (χ1) is 9.65. The molecule has 0 aliphatic carbocycles. The summed E-state index contributed by atoms with van der Waals surface area (Å²) >= 11 is 0. The minimum atomic E-state index is -0.784. The van der Waals surface area contributed by atoms with Crippen LogP contribution in [0.5, 0.6) is 0 Å². The lowest BCUT2D eigenvalue weighted by Crippen LogP contribution is -2.23. The van der Waals surface area contributed by atoms with Crippen molar-refractivity contribution in [2.24, 2.45) is 0 Å². The molecule has 0 aliphatic heterocycles. The molecule has 0 saturated carbocycles. The molecule has 1 aromatic heterocycles. The molecule has 100 valence electrons. The number of halogens is 2. The van der Waals surface area contributed by atoms with E-state index in [9.17, 15) is 13.6 Å². The zero-order valence-electron chi connectivity index (χ0n) is 10.2. The van der Waals surface area contributed by atoms with Crippen molar-refractivity contribution in [2.75, 3.05) is 5.43 Å². The highest BCUT2D eigenvalue weighted by molar-refractivity contribution is 6.00. The molecule has 0 fully saturated rings. The van der Waals surface area contributed by atoms with E-state index in [1.54, 1.807) is 18.2 Å². The maximum absolute atomic E-state index is 13.5. The number of rotatable bonds is 2. The van der Waals surface area contributed by atoms with Gasteiger partial charge in [0.2, 0.25) is 0 Å². The SMILES string of the molecule is O=C(Nn1cnc2ccccc21)c1cc(F)ccc1F. The molecule has 1 amide bonds. The van der Waals surface area contributed by atoms with Crippen molar-refractivity contribution in [3.05, 3.63) is 66.0 Å². The third-order valence-electron chi connectivity index (χ3n) is 2.85. The lowest BCUT2D eigenvalue weighted by Gasteiger charge is -2.07. The minimum absolute atomic E-state index is 0.359. The molecule has 1 N–H and O–H groups in total. The van der Waals surface area contributed by atoms with Gasteiger partial charge in [0.25, 0.3) is 5.91 Å². The number of carbonyl (C=O) groups is 1. The Morgan fingerprint density at radius 3 is 2.80 bits per heavy atom. The van der Waals surface area contributed by atoms with Crippen molar-refractivity contribution in [1.82, 2.24) is 9.66 Å². The van der Waals surface area contributed by atoms with Crippen molar-refractivity contribution in [1.29, 1.82) is 0 Å². The Morgan fingerprint density at radius 1 is 1.15 bits per heavy atom. The summed E-state index contributed by atoms with van der Waals surface area (Å²) in [5, 5.41) is 0. The summed E-state index contributed by atoms with van der Waals surface area (Å²) in [6.07, 6.45) is 1.40.